The van der Waals surface area contributed by atoms with E-state index in [1.807, 2.05) is 25.2 Å². The topological polar surface area (TPSA) is 86.3 Å². The maximum Gasteiger partial charge on any atom is 0.237 e. The third kappa shape index (κ3) is 5.68. The van der Waals surface area contributed by atoms with E-state index in [-0.39, 0.29) is 17.5 Å². The van der Waals surface area contributed by atoms with E-state index in [9.17, 15) is 13.6 Å². The van der Waals surface area contributed by atoms with Crippen molar-refractivity contribution in [3.63, 3.8) is 0 Å². The van der Waals surface area contributed by atoms with Crippen molar-refractivity contribution >= 4 is 28.9 Å². The van der Waals surface area contributed by atoms with E-state index in [0.29, 0.717) is 37.0 Å². The maximum atomic E-state index is 14.6. The van der Waals surface area contributed by atoms with E-state index in [0.717, 1.165) is 56.5 Å². The van der Waals surface area contributed by atoms with Gasteiger partial charge in [0.15, 0.2) is 17.5 Å². The minimum Gasteiger partial charge on any atom is -0.494 e. The number of piperazine rings is 1. The van der Waals surface area contributed by atoms with Gasteiger partial charge in [-0.15, -0.1) is 0 Å². The zero-order chi connectivity index (χ0) is 29.2. The molecule has 0 aliphatic carbocycles. The van der Waals surface area contributed by atoms with E-state index < -0.39 is 17.7 Å². The Hall–Kier alpha value is -4.03. The highest BCUT2D eigenvalue weighted by Crippen LogP contribution is 2.37. The van der Waals surface area contributed by atoms with Crippen molar-refractivity contribution in [1.82, 2.24) is 19.8 Å². The van der Waals surface area contributed by atoms with Crippen LogP contribution in [0.4, 0.5) is 31.8 Å². The van der Waals surface area contributed by atoms with Crippen LogP contribution in [-0.4, -0.2) is 85.2 Å². The Morgan fingerprint density at radius 3 is 2.64 bits per heavy atom. The van der Waals surface area contributed by atoms with Crippen LogP contribution in [0.2, 0.25) is 0 Å². The molecular formula is C30H35F2N7O3. The molecule has 4 heterocycles. The number of rotatable bonds is 7. The maximum absolute atomic E-state index is 14.6. The molecule has 0 spiro atoms. The highest BCUT2D eigenvalue weighted by atomic mass is 19.2. The molecule has 0 saturated carbocycles. The molecule has 3 aliphatic rings. The molecule has 10 nitrogen and oxygen atoms in total. The average Bonchev–Trinajstić information content (AvgIpc) is 3.49. The number of hydroxylamine groups is 1. The monoisotopic (exact) mass is 579 g/mol. The summed E-state index contributed by atoms with van der Waals surface area (Å²) in [7, 11) is 3.61. The van der Waals surface area contributed by atoms with Crippen LogP contribution in [0, 0.1) is 11.6 Å². The number of aromatic nitrogens is 2. The van der Waals surface area contributed by atoms with Gasteiger partial charge in [-0.05, 0) is 38.1 Å². The Kier molecular flexibility index (Phi) is 8.07. The van der Waals surface area contributed by atoms with Crippen LogP contribution in [0.25, 0.3) is 0 Å². The Morgan fingerprint density at radius 2 is 1.86 bits per heavy atom. The summed E-state index contributed by atoms with van der Waals surface area (Å²) in [5, 5.41) is 4.80. The number of benzene rings is 2. The fourth-order valence-electron chi connectivity index (χ4n) is 6.04. The second kappa shape index (κ2) is 12.1. The molecule has 1 unspecified atom stereocenters. The zero-order valence-electron chi connectivity index (χ0n) is 23.8. The standard InChI is InChI=1S/C30H35F2N7O3/c1-36-13-14-38(29(40)18-36)20-8-11-37(12-9-20)21-6-7-24(26(16-21)41-2)35-27-17-28(34-19-33-27)39-25(10-15-42-39)22-4-3-5-23(31)30(22)32/h3-7,16-17,19-20,25H,8-15,18H2,1-2H3,(H,33,34,35). The number of halogens is 2. The van der Waals surface area contributed by atoms with Crippen molar-refractivity contribution in [3.8, 4) is 5.75 Å². The van der Waals surface area contributed by atoms with Crippen molar-refractivity contribution in [3.05, 3.63) is 66.0 Å². The van der Waals surface area contributed by atoms with Gasteiger partial charge in [-0.2, -0.15) is 0 Å². The number of piperidine rings is 1. The van der Waals surface area contributed by atoms with Crippen molar-refractivity contribution in [2.75, 3.05) is 68.8 Å². The van der Waals surface area contributed by atoms with Gasteiger partial charge in [0.05, 0.1) is 32.0 Å². The lowest BCUT2D eigenvalue weighted by Gasteiger charge is -2.42. The smallest absolute Gasteiger partial charge is 0.237 e. The van der Waals surface area contributed by atoms with Gasteiger partial charge in [-0.1, -0.05) is 12.1 Å². The predicted molar refractivity (Wildman–Crippen MR) is 155 cm³/mol. The summed E-state index contributed by atoms with van der Waals surface area (Å²) < 4.78 is 34.2. The summed E-state index contributed by atoms with van der Waals surface area (Å²) >= 11 is 0. The first-order valence-corrected chi connectivity index (χ1v) is 14.3. The van der Waals surface area contributed by atoms with Gasteiger partial charge in [0, 0.05) is 62.0 Å². The van der Waals surface area contributed by atoms with Crippen molar-refractivity contribution < 1.29 is 23.1 Å². The van der Waals surface area contributed by atoms with Gasteiger partial charge in [-0.3, -0.25) is 14.5 Å². The van der Waals surface area contributed by atoms with Gasteiger partial charge in [0.25, 0.3) is 0 Å². The number of carbonyl (C=O) groups excluding carboxylic acids is 1. The molecule has 6 rings (SSSR count). The first-order valence-electron chi connectivity index (χ1n) is 14.3. The summed E-state index contributed by atoms with van der Waals surface area (Å²) in [5.41, 5.74) is 1.99. The fraction of sp³-hybridized carbons (Fsp3) is 0.433. The largest absolute Gasteiger partial charge is 0.494 e. The number of nitrogens with zero attached hydrogens (tertiary/aromatic N) is 6. The second-order valence-electron chi connectivity index (χ2n) is 10.9. The predicted octanol–water partition coefficient (Wildman–Crippen LogP) is 4.13. The number of ether oxygens (including phenoxy) is 1. The molecule has 42 heavy (non-hydrogen) atoms. The lowest BCUT2D eigenvalue weighted by molar-refractivity contribution is -0.138. The number of likely N-dealkylation sites (N-methyl/N-ethyl adjacent to an activating group) is 1. The second-order valence-corrected chi connectivity index (χ2v) is 10.9. The van der Waals surface area contributed by atoms with Gasteiger partial charge in [0.1, 0.15) is 17.9 Å². The van der Waals surface area contributed by atoms with E-state index >= 15 is 0 Å². The number of amides is 1. The highest BCUT2D eigenvalue weighted by Gasteiger charge is 2.33. The molecule has 1 atom stereocenters. The summed E-state index contributed by atoms with van der Waals surface area (Å²) in [4.78, 5) is 33.4. The Bertz CT molecular complexity index is 1440. The fourth-order valence-corrected chi connectivity index (χ4v) is 6.04. The third-order valence-electron chi connectivity index (χ3n) is 8.29. The van der Waals surface area contributed by atoms with Crippen molar-refractivity contribution in [2.24, 2.45) is 0 Å². The molecule has 3 aliphatic heterocycles. The molecule has 222 valence electrons. The number of methoxy groups -OCH3 is 1. The van der Waals surface area contributed by atoms with Crippen LogP contribution in [0.15, 0.2) is 48.8 Å². The van der Waals surface area contributed by atoms with Gasteiger partial charge in [-0.25, -0.2) is 23.8 Å². The normalized spacial score (nSPS) is 20.3. The summed E-state index contributed by atoms with van der Waals surface area (Å²) in [5.74, 6) is 0.0246. The molecule has 1 N–H and O–H groups in total. The average molecular weight is 580 g/mol. The number of hydrogen-bond acceptors (Lipinski definition) is 9. The first kappa shape index (κ1) is 28.1. The van der Waals surface area contributed by atoms with Crippen LogP contribution in [0.5, 0.6) is 5.75 Å². The van der Waals surface area contributed by atoms with E-state index in [1.54, 1.807) is 19.2 Å². The van der Waals surface area contributed by atoms with Gasteiger partial charge < -0.3 is 19.9 Å². The number of anilines is 4. The quantitative estimate of drug-likeness (QED) is 0.444. The third-order valence-corrected chi connectivity index (χ3v) is 8.29. The molecule has 1 amide bonds. The van der Waals surface area contributed by atoms with Crippen molar-refractivity contribution in [2.45, 2.75) is 31.3 Å². The van der Waals surface area contributed by atoms with Crippen molar-refractivity contribution in [1.29, 1.82) is 0 Å². The van der Waals surface area contributed by atoms with E-state index in [1.165, 1.54) is 17.5 Å². The first-order chi connectivity index (χ1) is 20.4. The molecule has 3 aromatic rings. The van der Waals surface area contributed by atoms with Crippen LogP contribution in [0.3, 0.4) is 0 Å². The van der Waals surface area contributed by atoms with Crippen LogP contribution in [-0.2, 0) is 9.63 Å². The number of carbonyl (C=O) groups is 1. The van der Waals surface area contributed by atoms with E-state index in [2.05, 4.69) is 30.0 Å². The van der Waals surface area contributed by atoms with Crippen LogP contribution >= 0.6 is 0 Å². The zero-order valence-corrected chi connectivity index (χ0v) is 23.8. The SMILES string of the molecule is COc1cc(N2CCC(N3CCN(C)CC3=O)CC2)ccc1Nc1cc(N2OCCC2c2cccc(F)c2F)ncn1. The van der Waals surface area contributed by atoms with E-state index in [4.69, 9.17) is 9.57 Å². The lowest BCUT2D eigenvalue weighted by atomic mass is 10.0. The van der Waals surface area contributed by atoms with Gasteiger partial charge >= 0.3 is 0 Å². The Morgan fingerprint density at radius 1 is 1.02 bits per heavy atom. The molecule has 1 aromatic heterocycles. The number of hydrogen-bond donors (Lipinski definition) is 1. The minimum atomic E-state index is -0.894. The summed E-state index contributed by atoms with van der Waals surface area (Å²) in [6, 6.07) is 11.6. The van der Waals surface area contributed by atoms with Gasteiger partial charge in [0.2, 0.25) is 5.91 Å². The molecule has 0 radical (unpaired) electrons. The summed E-state index contributed by atoms with van der Waals surface area (Å²) in [6.45, 7) is 4.28. The Labute approximate surface area is 243 Å². The molecule has 12 heteroatoms. The highest BCUT2D eigenvalue weighted by molar-refractivity contribution is 5.79. The van der Waals surface area contributed by atoms with Crippen LogP contribution < -0.4 is 20.0 Å². The molecule has 0 bridgehead atoms. The summed E-state index contributed by atoms with van der Waals surface area (Å²) in [6.07, 6.45) is 3.75. The minimum absolute atomic E-state index is 0.219. The van der Waals surface area contributed by atoms with Crippen LogP contribution in [0.1, 0.15) is 30.9 Å². The molecule has 3 fully saturated rings. The number of nitrogens with one attached hydrogen (secondary N) is 1. The Balaban J connectivity index is 1.13. The molecular weight excluding hydrogens is 544 g/mol. The molecule has 3 saturated heterocycles. The molecule has 2 aromatic carbocycles. The lowest BCUT2D eigenvalue weighted by Crippen LogP contribution is -2.55.